The Bertz CT molecular complexity index is 720. The standard InChI is InChI=1S/C19H22FN3O2/c20-15-9-10-17(16(21)12-15)23-19(25)8-4-2-1-3-7-18(24)14-6-5-11-22-13-14/h5-6,9-13H,1-4,7-8,21H2,(H,23,25). The Labute approximate surface area is 146 Å². The molecule has 3 N–H and O–H groups in total. The molecular weight excluding hydrogens is 321 g/mol. The van der Waals surface area contributed by atoms with E-state index in [1.165, 1.54) is 18.2 Å². The molecular formula is C19H22FN3O2. The number of ketones is 1. The molecule has 1 aromatic heterocycles. The number of nitrogens with two attached hydrogens (primary N) is 1. The van der Waals surface area contributed by atoms with Crippen LogP contribution in [0.2, 0.25) is 0 Å². The van der Waals surface area contributed by atoms with Crippen LogP contribution in [0.4, 0.5) is 15.8 Å². The van der Waals surface area contributed by atoms with Gasteiger partial charge in [0.25, 0.3) is 0 Å². The average Bonchev–Trinajstić information content (AvgIpc) is 2.61. The Hall–Kier alpha value is -2.76. The van der Waals surface area contributed by atoms with Gasteiger partial charge >= 0.3 is 0 Å². The zero-order valence-electron chi connectivity index (χ0n) is 14.0. The van der Waals surface area contributed by atoms with Crippen LogP contribution in [-0.2, 0) is 4.79 Å². The molecule has 0 saturated carbocycles. The Morgan fingerprint density at radius 1 is 1.08 bits per heavy atom. The molecule has 25 heavy (non-hydrogen) atoms. The highest BCUT2D eigenvalue weighted by Gasteiger charge is 2.07. The molecule has 132 valence electrons. The molecule has 0 spiro atoms. The average molecular weight is 343 g/mol. The van der Waals surface area contributed by atoms with Crippen molar-refractivity contribution in [3.8, 4) is 0 Å². The minimum absolute atomic E-state index is 0.0950. The molecule has 0 aliphatic rings. The highest BCUT2D eigenvalue weighted by atomic mass is 19.1. The summed E-state index contributed by atoms with van der Waals surface area (Å²) in [6, 6.07) is 7.40. The first-order chi connectivity index (χ1) is 12.1. The fraction of sp³-hybridized carbons (Fsp3) is 0.316. The fourth-order valence-corrected chi connectivity index (χ4v) is 2.46. The van der Waals surface area contributed by atoms with Crippen molar-refractivity contribution in [1.82, 2.24) is 4.98 Å². The third-order valence-corrected chi connectivity index (χ3v) is 3.83. The number of halogens is 1. The lowest BCUT2D eigenvalue weighted by Gasteiger charge is -2.08. The molecule has 6 heteroatoms. The van der Waals surface area contributed by atoms with E-state index < -0.39 is 5.82 Å². The zero-order valence-corrected chi connectivity index (χ0v) is 14.0. The Kier molecular flexibility index (Phi) is 7.07. The summed E-state index contributed by atoms with van der Waals surface area (Å²) in [5, 5.41) is 2.68. The lowest BCUT2D eigenvalue weighted by molar-refractivity contribution is -0.116. The number of hydrogen-bond donors (Lipinski definition) is 2. The van der Waals surface area contributed by atoms with Gasteiger partial charge < -0.3 is 11.1 Å². The van der Waals surface area contributed by atoms with Crippen molar-refractivity contribution in [1.29, 1.82) is 0 Å². The largest absolute Gasteiger partial charge is 0.397 e. The first-order valence-corrected chi connectivity index (χ1v) is 8.34. The smallest absolute Gasteiger partial charge is 0.224 e. The molecule has 1 aromatic carbocycles. The molecule has 0 fully saturated rings. The van der Waals surface area contributed by atoms with Crippen molar-refractivity contribution in [2.75, 3.05) is 11.1 Å². The lowest BCUT2D eigenvalue weighted by Crippen LogP contribution is -2.12. The van der Waals surface area contributed by atoms with Gasteiger partial charge in [-0.25, -0.2) is 4.39 Å². The van der Waals surface area contributed by atoms with Crippen molar-refractivity contribution in [2.45, 2.75) is 38.5 Å². The van der Waals surface area contributed by atoms with E-state index in [1.54, 1.807) is 24.5 Å². The summed E-state index contributed by atoms with van der Waals surface area (Å²) < 4.78 is 13.0. The first-order valence-electron chi connectivity index (χ1n) is 8.34. The summed E-state index contributed by atoms with van der Waals surface area (Å²) in [6.45, 7) is 0. The van der Waals surface area contributed by atoms with E-state index in [0.717, 1.165) is 25.7 Å². The van der Waals surface area contributed by atoms with Crippen LogP contribution in [0, 0.1) is 5.82 Å². The summed E-state index contributed by atoms with van der Waals surface area (Å²) >= 11 is 0. The second kappa shape index (κ2) is 9.52. The number of nitrogen functional groups attached to an aromatic ring is 1. The topological polar surface area (TPSA) is 85.1 Å². The number of carbonyl (C=O) groups is 2. The van der Waals surface area contributed by atoms with E-state index in [9.17, 15) is 14.0 Å². The van der Waals surface area contributed by atoms with E-state index >= 15 is 0 Å². The number of aromatic nitrogens is 1. The van der Waals surface area contributed by atoms with Crippen molar-refractivity contribution in [3.63, 3.8) is 0 Å². The molecule has 0 saturated heterocycles. The van der Waals surface area contributed by atoms with Gasteiger partial charge in [-0.3, -0.25) is 14.6 Å². The third kappa shape index (κ3) is 6.33. The molecule has 1 heterocycles. The maximum atomic E-state index is 13.0. The van der Waals surface area contributed by atoms with Crippen LogP contribution in [-0.4, -0.2) is 16.7 Å². The predicted molar refractivity (Wildman–Crippen MR) is 95.7 cm³/mol. The van der Waals surface area contributed by atoms with Gasteiger partial charge in [0.2, 0.25) is 5.91 Å². The quantitative estimate of drug-likeness (QED) is 0.410. The van der Waals surface area contributed by atoms with Crippen LogP contribution in [0.25, 0.3) is 0 Å². The zero-order chi connectivity index (χ0) is 18.1. The van der Waals surface area contributed by atoms with E-state index in [2.05, 4.69) is 10.3 Å². The Morgan fingerprint density at radius 2 is 1.84 bits per heavy atom. The van der Waals surface area contributed by atoms with Crippen molar-refractivity contribution >= 4 is 23.1 Å². The molecule has 2 rings (SSSR count). The molecule has 0 atom stereocenters. The molecule has 0 aliphatic heterocycles. The number of hydrogen-bond acceptors (Lipinski definition) is 4. The van der Waals surface area contributed by atoms with Crippen molar-refractivity contribution in [2.24, 2.45) is 0 Å². The third-order valence-electron chi connectivity index (χ3n) is 3.83. The normalized spacial score (nSPS) is 10.4. The number of anilines is 2. The number of carbonyl (C=O) groups excluding carboxylic acids is 2. The number of pyridine rings is 1. The van der Waals surface area contributed by atoms with Crippen LogP contribution in [0.3, 0.4) is 0 Å². The maximum Gasteiger partial charge on any atom is 0.224 e. The molecule has 2 aromatic rings. The van der Waals surface area contributed by atoms with E-state index in [4.69, 9.17) is 5.73 Å². The highest BCUT2D eigenvalue weighted by Crippen LogP contribution is 2.19. The summed E-state index contributed by atoms with van der Waals surface area (Å²) in [4.78, 5) is 27.7. The van der Waals surface area contributed by atoms with Gasteiger partial charge in [-0.05, 0) is 43.2 Å². The van der Waals surface area contributed by atoms with Crippen LogP contribution in [0.1, 0.15) is 48.9 Å². The van der Waals surface area contributed by atoms with Gasteiger partial charge in [0, 0.05) is 30.8 Å². The summed E-state index contributed by atoms with van der Waals surface area (Å²) in [6.07, 6.45) is 7.35. The van der Waals surface area contributed by atoms with E-state index in [1.807, 2.05) is 0 Å². The maximum absolute atomic E-state index is 13.0. The van der Waals surface area contributed by atoms with Crippen LogP contribution < -0.4 is 11.1 Å². The lowest BCUT2D eigenvalue weighted by atomic mass is 10.0. The number of nitrogens with one attached hydrogen (secondary N) is 1. The second-order valence-electron chi connectivity index (χ2n) is 5.86. The molecule has 0 aliphatic carbocycles. The Morgan fingerprint density at radius 3 is 2.52 bits per heavy atom. The summed E-state index contributed by atoms with van der Waals surface area (Å²) in [7, 11) is 0. The van der Waals surface area contributed by atoms with Gasteiger partial charge in [0.15, 0.2) is 5.78 Å². The van der Waals surface area contributed by atoms with Gasteiger partial charge in [-0.15, -0.1) is 0 Å². The Balaban J connectivity index is 1.59. The van der Waals surface area contributed by atoms with E-state index in [0.29, 0.717) is 24.1 Å². The van der Waals surface area contributed by atoms with Crippen LogP contribution in [0.5, 0.6) is 0 Å². The number of amides is 1. The fourth-order valence-electron chi connectivity index (χ4n) is 2.46. The van der Waals surface area contributed by atoms with Gasteiger partial charge in [0.05, 0.1) is 11.4 Å². The number of Topliss-reactive ketones (excluding diaryl/α,β-unsaturated/α-hetero) is 1. The minimum Gasteiger partial charge on any atom is -0.397 e. The van der Waals surface area contributed by atoms with E-state index in [-0.39, 0.29) is 17.4 Å². The summed E-state index contributed by atoms with van der Waals surface area (Å²) in [5.41, 5.74) is 6.92. The molecule has 1 amide bonds. The number of benzene rings is 1. The number of rotatable bonds is 9. The molecule has 5 nitrogen and oxygen atoms in total. The molecule has 0 radical (unpaired) electrons. The predicted octanol–water partition coefficient (Wildman–Crippen LogP) is 3.96. The molecule has 0 unspecified atom stereocenters. The highest BCUT2D eigenvalue weighted by molar-refractivity contribution is 5.95. The SMILES string of the molecule is Nc1cc(F)ccc1NC(=O)CCCCCCC(=O)c1cccnc1. The van der Waals surface area contributed by atoms with Crippen molar-refractivity contribution < 1.29 is 14.0 Å². The van der Waals surface area contributed by atoms with Gasteiger partial charge in [-0.1, -0.05) is 12.8 Å². The van der Waals surface area contributed by atoms with Crippen LogP contribution >= 0.6 is 0 Å². The second-order valence-corrected chi connectivity index (χ2v) is 5.86. The minimum atomic E-state index is -0.434. The van der Waals surface area contributed by atoms with Gasteiger partial charge in [-0.2, -0.15) is 0 Å². The van der Waals surface area contributed by atoms with Gasteiger partial charge in [0.1, 0.15) is 5.82 Å². The summed E-state index contributed by atoms with van der Waals surface area (Å²) in [5.74, 6) is -0.487. The van der Waals surface area contributed by atoms with Crippen molar-refractivity contribution in [3.05, 3.63) is 54.1 Å². The van der Waals surface area contributed by atoms with Crippen LogP contribution in [0.15, 0.2) is 42.7 Å². The monoisotopic (exact) mass is 343 g/mol. The molecule has 0 bridgehead atoms. The number of nitrogens with zero attached hydrogens (tertiary/aromatic N) is 1. The first kappa shape index (κ1) is 18.6. The number of unbranched alkanes of at least 4 members (excludes halogenated alkanes) is 3.